The van der Waals surface area contributed by atoms with Gasteiger partial charge in [-0.15, -0.1) is 0 Å². The van der Waals surface area contributed by atoms with Gasteiger partial charge in [0.05, 0.1) is 0 Å². The molecule has 67 valence electrons. The Morgan fingerprint density at radius 2 is 1.27 bits per heavy atom. The van der Waals surface area contributed by atoms with Crippen LogP contribution in [-0.4, -0.2) is 21.6 Å². The molecule has 0 N–H and O–H groups in total. The minimum absolute atomic E-state index is 0. The number of unbranched alkanes of at least 4 members (excludes halogenated alkanes) is 2. The van der Waals surface area contributed by atoms with Gasteiger partial charge < -0.3 is 4.74 Å². The summed E-state index contributed by atoms with van der Waals surface area (Å²) < 4.78 is 5.31. The monoisotopic (exact) mass is 161 g/mol. The first-order valence-electron chi connectivity index (χ1n) is 3.99. The van der Waals surface area contributed by atoms with Gasteiger partial charge in [0.2, 0.25) is 0 Å². The zero-order valence-corrected chi connectivity index (χ0v) is 7.64. The molecule has 0 aromatic heterocycles. The van der Waals surface area contributed by atoms with Crippen LogP contribution in [0.4, 0.5) is 4.70 Å². The minimum atomic E-state index is 0. The van der Waals surface area contributed by atoms with Gasteiger partial charge in [0.15, 0.2) is 0 Å². The zero-order valence-electron chi connectivity index (χ0n) is 7.64. The number of halogens is 1. The summed E-state index contributed by atoms with van der Waals surface area (Å²) in [4.78, 5) is 0. The van der Waals surface area contributed by atoms with Gasteiger partial charge in [0, 0.05) is 21.6 Å². The van der Waals surface area contributed by atoms with Crippen molar-refractivity contribution >= 4 is 8.41 Å². The fourth-order valence-electron chi connectivity index (χ4n) is 0.595. The van der Waals surface area contributed by atoms with E-state index in [0.29, 0.717) is 0 Å². The number of hydrogen-bond donors (Lipinski definition) is 0. The molecule has 3 radical (unpaired) electrons. The van der Waals surface area contributed by atoms with E-state index in [1.54, 1.807) is 0 Å². The Morgan fingerprint density at radius 3 is 1.55 bits per heavy atom. The smallest absolute Gasteiger partial charge is 0.0465 e. The first-order valence-corrected chi connectivity index (χ1v) is 3.99. The van der Waals surface area contributed by atoms with E-state index in [1.165, 1.54) is 25.7 Å². The van der Waals surface area contributed by atoms with Gasteiger partial charge in [-0.2, -0.15) is 0 Å². The Bertz CT molecular complexity index is 47.4. The van der Waals surface area contributed by atoms with E-state index in [1.807, 2.05) is 0 Å². The maximum atomic E-state index is 5.31. The lowest BCUT2D eigenvalue weighted by Crippen LogP contribution is -1.95. The summed E-state index contributed by atoms with van der Waals surface area (Å²) >= 11 is 0. The van der Waals surface area contributed by atoms with E-state index in [4.69, 9.17) is 4.74 Å². The summed E-state index contributed by atoms with van der Waals surface area (Å²) in [6.45, 7) is 6.28. The Morgan fingerprint density at radius 1 is 0.909 bits per heavy atom. The van der Waals surface area contributed by atoms with E-state index in [9.17, 15) is 0 Å². The summed E-state index contributed by atoms with van der Waals surface area (Å²) in [5.41, 5.74) is 0. The SMILES string of the molecule is CCCCOCCCC.F.[B]. The van der Waals surface area contributed by atoms with E-state index in [0.717, 1.165) is 13.2 Å². The number of rotatable bonds is 6. The van der Waals surface area contributed by atoms with E-state index in [2.05, 4.69) is 13.8 Å². The number of ether oxygens (including phenoxy) is 1. The van der Waals surface area contributed by atoms with Gasteiger partial charge in [-0.25, -0.2) is 0 Å². The van der Waals surface area contributed by atoms with Crippen LogP contribution in [0.25, 0.3) is 0 Å². The van der Waals surface area contributed by atoms with Crippen LogP contribution in [0, 0.1) is 0 Å². The predicted molar refractivity (Wildman–Crippen MR) is 48.9 cm³/mol. The molecule has 0 aliphatic heterocycles. The molecule has 0 unspecified atom stereocenters. The van der Waals surface area contributed by atoms with Crippen molar-refractivity contribution in [3.8, 4) is 0 Å². The van der Waals surface area contributed by atoms with Crippen molar-refractivity contribution in [1.82, 2.24) is 0 Å². The van der Waals surface area contributed by atoms with Crippen LogP contribution in [0.2, 0.25) is 0 Å². The van der Waals surface area contributed by atoms with Gasteiger partial charge in [0.1, 0.15) is 0 Å². The largest absolute Gasteiger partial charge is 0.381 e. The van der Waals surface area contributed by atoms with E-state index < -0.39 is 0 Å². The van der Waals surface area contributed by atoms with Crippen LogP contribution >= 0.6 is 0 Å². The Balaban J connectivity index is -0.000000320. The fraction of sp³-hybridized carbons (Fsp3) is 1.00. The van der Waals surface area contributed by atoms with E-state index in [-0.39, 0.29) is 13.1 Å². The summed E-state index contributed by atoms with van der Waals surface area (Å²) in [5.74, 6) is 0. The van der Waals surface area contributed by atoms with Crippen molar-refractivity contribution in [3.63, 3.8) is 0 Å². The molecule has 0 saturated heterocycles. The minimum Gasteiger partial charge on any atom is -0.381 e. The molecule has 11 heavy (non-hydrogen) atoms. The van der Waals surface area contributed by atoms with Crippen LogP contribution in [0.15, 0.2) is 0 Å². The fourth-order valence-corrected chi connectivity index (χ4v) is 0.595. The molecule has 0 amide bonds. The summed E-state index contributed by atoms with van der Waals surface area (Å²) in [6, 6.07) is 0. The third-order valence-corrected chi connectivity index (χ3v) is 1.28. The molecular formula is C8H19BFO. The average molecular weight is 161 g/mol. The number of hydrogen-bond acceptors (Lipinski definition) is 1. The van der Waals surface area contributed by atoms with Crippen LogP contribution in [-0.2, 0) is 4.74 Å². The first kappa shape index (κ1) is 17.2. The van der Waals surface area contributed by atoms with E-state index >= 15 is 0 Å². The maximum Gasteiger partial charge on any atom is 0.0465 e. The molecule has 0 saturated carbocycles. The quantitative estimate of drug-likeness (QED) is 0.429. The lowest BCUT2D eigenvalue weighted by atomic mass is 10.3. The molecule has 0 spiro atoms. The molecule has 0 heterocycles. The maximum absolute atomic E-state index is 5.31. The second-order valence-corrected chi connectivity index (χ2v) is 2.32. The third kappa shape index (κ3) is 17.8. The van der Waals surface area contributed by atoms with Crippen molar-refractivity contribution in [2.24, 2.45) is 0 Å². The summed E-state index contributed by atoms with van der Waals surface area (Å²) in [5, 5.41) is 0. The molecule has 0 bridgehead atoms. The molecule has 1 nitrogen and oxygen atoms in total. The molecule has 0 rings (SSSR count). The van der Waals surface area contributed by atoms with Crippen molar-refractivity contribution < 1.29 is 9.44 Å². The lowest BCUT2D eigenvalue weighted by Gasteiger charge is -1.99. The Kier molecular flexibility index (Phi) is 25.7. The Labute approximate surface area is 71.5 Å². The molecule has 0 aromatic rings. The topological polar surface area (TPSA) is 9.23 Å². The summed E-state index contributed by atoms with van der Waals surface area (Å²) in [7, 11) is 0. The van der Waals surface area contributed by atoms with Gasteiger partial charge in [0.25, 0.3) is 0 Å². The molecule has 0 fully saturated rings. The van der Waals surface area contributed by atoms with Crippen molar-refractivity contribution in [1.29, 1.82) is 0 Å². The second kappa shape index (κ2) is 16.5. The van der Waals surface area contributed by atoms with Gasteiger partial charge in [-0.3, -0.25) is 4.70 Å². The lowest BCUT2D eigenvalue weighted by molar-refractivity contribution is 0.128. The summed E-state index contributed by atoms with van der Waals surface area (Å²) in [6.07, 6.45) is 4.91. The normalized spacial score (nSPS) is 8.18. The second-order valence-electron chi connectivity index (χ2n) is 2.32. The van der Waals surface area contributed by atoms with Crippen molar-refractivity contribution in [3.05, 3.63) is 0 Å². The first-order chi connectivity index (χ1) is 4.41. The standard InChI is InChI=1S/C8H18O.B.FH/c1-3-5-7-9-8-6-4-2;;/h3-8H2,1-2H3;;1H. The molecule has 0 aliphatic rings. The van der Waals surface area contributed by atoms with Gasteiger partial charge in [-0.1, -0.05) is 26.7 Å². The van der Waals surface area contributed by atoms with Crippen LogP contribution < -0.4 is 0 Å². The van der Waals surface area contributed by atoms with Crippen molar-refractivity contribution in [2.45, 2.75) is 39.5 Å². The molecular weight excluding hydrogens is 142 g/mol. The highest BCUT2D eigenvalue weighted by molar-refractivity contribution is 5.75. The highest BCUT2D eigenvalue weighted by Crippen LogP contribution is 1.91. The van der Waals surface area contributed by atoms with Crippen LogP contribution in [0.5, 0.6) is 0 Å². The molecule has 0 aliphatic carbocycles. The predicted octanol–water partition coefficient (Wildman–Crippen LogP) is 2.37. The molecule has 0 aromatic carbocycles. The zero-order chi connectivity index (χ0) is 6.95. The van der Waals surface area contributed by atoms with Gasteiger partial charge >= 0.3 is 0 Å². The molecule has 0 atom stereocenters. The van der Waals surface area contributed by atoms with Gasteiger partial charge in [-0.05, 0) is 12.8 Å². The van der Waals surface area contributed by atoms with Crippen molar-refractivity contribution in [2.75, 3.05) is 13.2 Å². The third-order valence-electron chi connectivity index (χ3n) is 1.28. The average Bonchev–Trinajstić information content (AvgIpc) is 1.89. The Hall–Kier alpha value is -0.0451. The highest BCUT2D eigenvalue weighted by Gasteiger charge is 1.84. The highest BCUT2D eigenvalue weighted by atomic mass is 19.0. The van der Waals surface area contributed by atoms with Crippen LogP contribution in [0.3, 0.4) is 0 Å². The van der Waals surface area contributed by atoms with Crippen LogP contribution in [0.1, 0.15) is 39.5 Å². The molecule has 3 heteroatoms.